The largest absolute Gasteiger partial charge is 0.379 e. The second-order valence-corrected chi connectivity index (χ2v) is 5.92. The van der Waals surface area contributed by atoms with Gasteiger partial charge in [-0.3, -0.25) is 0 Å². The molecule has 0 aliphatic heterocycles. The SMILES string of the molecule is CCCNC1C(OCCOCC)CCCC1(C)C. The Labute approximate surface area is 113 Å². The van der Waals surface area contributed by atoms with Gasteiger partial charge in [-0.2, -0.15) is 0 Å². The lowest BCUT2D eigenvalue weighted by Crippen LogP contribution is -2.53. The smallest absolute Gasteiger partial charge is 0.0734 e. The van der Waals surface area contributed by atoms with Crippen molar-refractivity contribution in [2.24, 2.45) is 5.41 Å². The van der Waals surface area contributed by atoms with Gasteiger partial charge in [0.25, 0.3) is 0 Å². The predicted octanol–water partition coefficient (Wildman–Crippen LogP) is 2.99. The Morgan fingerprint density at radius 1 is 1.22 bits per heavy atom. The Morgan fingerprint density at radius 3 is 2.67 bits per heavy atom. The molecule has 3 nitrogen and oxygen atoms in total. The summed E-state index contributed by atoms with van der Waals surface area (Å²) in [6.45, 7) is 12.3. The van der Waals surface area contributed by atoms with E-state index in [2.05, 4.69) is 26.1 Å². The Kier molecular flexibility index (Phi) is 7.20. The van der Waals surface area contributed by atoms with Crippen LogP contribution in [0.3, 0.4) is 0 Å². The summed E-state index contributed by atoms with van der Waals surface area (Å²) in [5.74, 6) is 0. The van der Waals surface area contributed by atoms with Crippen molar-refractivity contribution in [2.45, 2.75) is 65.5 Å². The molecule has 0 aromatic heterocycles. The van der Waals surface area contributed by atoms with Gasteiger partial charge in [0.15, 0.2) is 0 Å². The Balaban J connectivity index is 2.45. The fourth-order valence-electron chi connectivity index (χ4n) is 2.87. The van der Waals surface area contributed by atoms with Gasteiger partial charge in [0.1, 0.15) is 0 Å². The number of rotatable bonds is 8. The minimum Gasteiger partial charge on any atom is -0.379 e. The summed E-state index contributed by atoms with van der Waals surface area (Å²) in [7, 11) is 0. The summed E-state index contributed by atoms with van der Waals surface area (Å²) in [6, 6.07) is 0.479. The molecular formula is C15H31NO2. The molecule has 0 spiro atoms. The molecule has 3 heteroatoms. The van der Waals surface area contributed by atoms with Crippen LogP contribution < -0.4 is 5.32 Å². The van der Waals surface area contributed by atoms with Gasteiger partial charge in [-0.15, -0.1) is 0 Å². The lowest BCUT2D eigenvalue weighted by molar-refractivity contribution is -0.0549. The van der Waals surface area contributed by atoms with Gasteiger partial charge >= 0.3 is 0 Å². The van der Waals surface area contributed by atoms with E-state index < -0.39 is 0 Å². The first-order valence-electron chi connectivity index (χ1n) is 7.54. The fourth-order valence-corrected chi connectivity index (χ4v) is 2.87. The molecule has 1 aliphatic carbocycles. The topological polar surface area (TPSA) is 30.5 Å². The maximum Gasteiger partial charge on any atom is 0.0734 e. The third-order valence-electron chi connectivity index (χ3n) is 3.90. The van der Waals surface area contributed by atoms with E-state index in [0.717, 1.165) is 19.8 Å². The average Bonchev–Trinajstić information content (AvgIpc) is 2.33. The molecule has 108 valence electrons. The van der Waals surface area contributed by atoms with Crippen LogP contribution in [-0.2, 0) is 9.47 Å². The van der Waals surface area contributed by atoms with Crippen LogP contribution in [0.2, 0.25) is 0 Å². The van der Waals surface area contributed by atoms with Crippen LogP contribution in [0.1, 0.15) is 53.4 Å². The van der Waals surface area contributed by atoms with Crippen LogP contribution in [0.5, 0.6) is 0 Å². The van der Waals surface area contributed by atoms with Crippen LogP contribution in [0, 0.1) is 5.41 Å². The van der Waals surface area contributed by atoms with Crippen molar-refractivity contribution < 1.29 is 9.47 Å². The van der Waals surface area contributed by atoms with Gasteiger partial charge in [-0.1, -0.05) is 27.2 Å². The quantitative estimate of drug-likeness (QED) is 0.678. The van der Waals surface area contributed by atoms with Crippen molar-refractivity contribution in [1.29, 1.82) is 0 Å². The van der Waals surface area contributed by atoms with Crippen LogP contribution in [0.25, 0.3) is 0 Å². The zero-order chi connectivity index (χ0) is 13.4. The van der Waals surface area contributed by atoms with Crippen LogP contribution in [0.4, 0.5) is 0 Å². The van der Waals surface area contributed by atoms with Crippen molar-refractivity contribution in [1.82, 2.24) is 5.32 Å². The second-order valence-electron chi connectivity index (χ2n) is 5.92. The second kappa shape index (κ2) is 8.13. The molecule has 0 heterocycles. The molecule has 1 rings (SSSR count). The molecule has 0 radical (unpaired) electrons. The predicted molar refractivity (Wildman–Crippen MR) is 75.9 cm³/mol. The molecule has 0 aromatic rings. The lowest BCUT2D eigenvalue weighted by Gasteiger charge is -2.44. The number of hydrogen-bond donors (Lipinski definition) is 1. The molecular weight excluding hydrogens is 226 g/mol. The highest BCUT2D eigenvalue weighted by Crippen LogP contribution is 2.37. The van der Waals surface area contributed by atoms with Crippen molar-refractivity contribution in [3.8, 4) is 0 Å². The van der Waals surface area contributed by atoms with Crippen LogP contribution in [0.15, 0.2) is 0 Å². The molecule has 1 saturated carbocycles. The number of ether oxygens (including phenoxy) is 2. The van der Waals surface area contributed by atoms with E-state index in [1.165, 1.54) is 25.7 Å². The average molecular weight is 257 g/mol. The van der Waals surface area contributed by atoms with E-state index in [9.17, 15) is 0 Å². The van der Waals surface area contributed by atoms with Crippen molar-refractivity contribution in [3.63, 3.8) is 0 Å². The van der Waals surface area contributed by atoms with Gasteiger partial charge in [-0.05, 0) is 38.1 Å². The molecule has 0 bridgehead atoms. The summed E-state index contributed by atoms with van der Waals surface area (Å²) < 4.78 is 11.4. The van der Waals surface area contributed by atoms with E-state index >= 15 is 0 Å². The van der Waals surface area contributed by atoms with Crippen molar-refractivity contribution in [2.75, 3.05) is 26.4 Å². The normalized spacial score (nSPS) is 27.3. The molecule has 0 aromatic carbocycles. The van der Waals surface area contributed by atoms with E-state index in [0.29, 0.717) is 24.2 Å². The monoisotopic (exact) mass is 257 g/mol. The highest BCUT2D eigenvalue weighted by atomic mass is 16.5. The van der Waals surface area contributed by atoms with Gasteiger partial charge < -0.3 is 14.8 Å². The van der Waals surface area contributed by atoms with Gasteiger partial charge in [0, 0.05) is 12.6 Å². The molecule has 0 amide bonds. The maximum absolute atomic E-state index is 6.04. The van der Waals surface area contributed by atoms with Gasteiger partial charge in [0.05, 0.1) is 19.3 Å². The minimum atomic E-state index is 0.337. The summed E-state index contributed by atoms with van der Waals surface area (Å²) in [5.41, 5.74) is 0.337. The van der Waals surface area contributed by atoms with Gasteiger partial charge in [0.2, 0.25) is 0 Å². The molecule has 2 atom stereocenters. The molecule has 2 unspecified atom stereocenters. The highest BCUT2D eigenvalue weighted by Gasteiger charge is 2.38. The Bertz CT molecular complexity index is 219. The number of nitrogens with one attached hydrogen (secondary N) is 1. The first-order chi connectivity index (χ1) is 8.61. The van der Waals surface area contributed by atoms with E-state index in [1.807, 2.05) is 6.92 Å². The molecule has 0 saturated heterocycles. The van der Waals surface area contributed by atoms with Crippen LogP contribution in [-0.4, -0.2) is 38.5 Å². The van der Waals surface area contributed by atoms with Gasteiger partial charge in [-0.25, -0.2) is 0 Å². The zero-order valence-electron chi connectivity index (χ0n) is 12.6. The minimum absolute atomic E-state index is 0.337. The first-order valence-corrected chi connectivity index (χ1v) is 7.54. The number of hydrogen-bond acceptors (Lipinski definition) is 3. The third kappa shape index (κ3) is 4.87. The molecule has 1 aliphatic rings. The molecule has 1 N–H and O–H groups in total. The standard InChI is InChI=1S/C15H31NO2/c1-5-10-16-14-13(18-12-11-17-6-2)8-7-9-15(14,3)4/h13-14,16H,5-12H2,1-4H3. The van der Waals surface area contributed by atoms with Crippen LogP contribution >= 0.6 is 0 Å². The third-order valence-corrected chi connectivity index (χ3v) is 3.90. The van der Waals surface area contributed by atoms with Crippen molar-refractivity contribution in [3.05, 3.63) is 0 Å². The molecule has 1 fully saturated rings. The first kappa shape index (κ1) is 15.9. The van der Waals surface area contributed by atoms with Crippen molar-refractivity contribution >= 4 is 0 Å². The lowest BCUT2D eigenvalue weighted by atomic mass is 9.71. The summed E-state index contributed by atoms with van der Waals surface area (Å²) in [6.07, 6.45) is 5.27. The maximum atomic E-state index is 6.04. The summed E-state index contributed by atoms with van der Waals surface area (Å²) in [5, 5.41) is 3.69. The Morgan fingerprint density at radius 2 is 2.00 bits per heavy atom. The molecule has 18 heavy (non-hydrogen) atoms. The zero-order valence-corrected chi connectivity index (χ0v) is 12.6. The highest BCUT2D eigenvalue weighted by molar-refractivity contribution is 4.94. The van der Waals surface area contributed by atoms with E-state index in [4.69, 9.17) is 9.47 Å². The summed E-state index contributed by atoms with van der Waals surface area (Å²) in [4.78, 5) is 0. The van der Waals surface area contributed by atoms with E-state index in [-0.39, 0.29) is 0 Å². The Hall–Kier alpha value is -0.120. The van der Waals surface area contributed by atoms with E-state index in [1.54, 1.807) is 0 Å². The summed E-state index contributed by atoms with van der Waals surface area (Å²) >= 11 is 0. The fraction of sp³-hybridized carbons (Fsp3) is 1.00.